The van der Waals surface area contributed by atoms with Gasteiger partial charge in [-0.2, -0.15) is 0 Å². The first kappa shape index (κ1) is 21.0. The average Bonchev–Trinajstić information content (AvgIpc) is 3.47. The normalized spacial score (nSPS) is 17.5. The van der Waals surface area contributed by atoms with Crippen LogP contribution in [0.1, 0.15) is 57.3 Å². The number of benzene rings is 1. The highest BCUT2D eigenvalue weighted by molar-refractivity contribution is 7.18. The first-order chi connectivity index (χ1) is 13.9. The molecule has 3 rings (SSSR count). The van der Waals surface area contributed by atoms with Crippen molar-refractivity contribution in [2.24, 2.45) is 5.92 Å². The molecule has 7 heteroatoms. The first-order valence-electron chi connectivity index (χ1n) is 9.79. The molecule has 2 amide bonds. The van der Waals surface area contributed by atoms with E-state index in [9.17, 15) is 14.4 Å². The van der Waals surface area contributed by atoms with Gasteiger partial charge >= 0.3 is 5.97 Å². The van der Waals surface area contributed by atoms with Crippen LogP contribution in [0.4, 0.5) is 5.00 Å². The van der Waals surface area contributed by atoms with Crippen molar-refractivity contribution >= 4 is 34.1 Å². The Balaban J connectivity index is 1.85. The van der Waals surface area contributed by atoms with Gasteiger partial charge in [-0.15, -0.1) is 11.3 Å². The number of hydrogen-bond donors (Lipinski definition) is 1. The van der Waals surface area contributed by atoms with Gasteiger partial charge in [0, 0.05) is 19.0 Å². The van der Waals surface area contributed by atoms with Gasteiger partial charge in [-0.05, 0) is 44.2 Å². The molecule has 6 nitrogen and oxygen atoms in total. The maximum Gasteiger partial charge on any atom is 0.341 e. The van der Waals surface area contributed by atoms with Gasteiger partial charge in [-0.3, -0.25) is 9.59 Å². The van der Waals surface area contributed by atoms with E-state index in [1.165, 1.54) is 7.11 Å². The molecule has 29 heavy (non-hydrogen) atoms. The van der Waals surface area contributed by atoms with Crippen LogP contribution in [0, 0.1) is 12.8 Å². The van der Waals surface area contributed by atoms with Crippen molar-refractivity contribution in [2.45, 2.75) is 33.1 Å². The van der Waals surface area contributed by atoms with Crippen molar-refractivity contribution in [3.05, 3.63) is 51.9 Å². The third-order valence-corrected chi connectivity index (χ3v) is 6.57. The number of methoxy groups -OCH3 is 1. The topological polar surface area (TPSA) is 75.7 Å². The molecule has 1 aliphatic rings. The molecule has 0 radical (unpaired) electrons. The SMILES string of the molecule is CCN(CC)C(=O)c1sc(NC(=O)[C@@H]2C[C@@H]2c2ccccc2)c(C(=O)OC)c1C. The molecule has 0 unspecified atom stereocenters. The molecule has 1 aliphatic carbocycles. The zero-order valence-electron chi connectivity index (χ0n) is 17.2. The minimum atomic E-state index is -0.553. The van der Waals surface area contributed by atoms with Crippen LogP contribution in [-0.2, 0) is 9.53 Å². The molecule has 1 N–H and O–H groups in total. The van der Waals surface area contributed by atoms with Gasteiger partial charge in [-0.1, -0.05) is 30.3 Å². The van der Waals surface area contributed by atoms with Crippen molar-refractivity contribution in [1.82, 2.24) is 4.90 Å². The Morgan fingerprint density at radius 3 is 2.41 bits per heavy atom. The lowest BCUT2D eigenvalue weighted by Crippen LogP contribution is -2.30. The quantitative estimate of drug-likeness (QED) is 0.693. The summed E-state index contributed by atoms with van der Waals surface area (Å²) >= 11 is 1.14. The van der Waals surface area contributed by atoms with E-state index < -0.39 is 5.97 Å². The molecule has 0 saturated heterocycles. The summed E-state index contributed by atoms with van der Waals surface area (Å²) in [5.74, 6) is -0.769. The van der Waals surface area contributed by atoms with Crippen molar-refractivity contribution in [3.63, 3.8) is 0 Å². The van der Waals surface area contributed by atoms with Crippen LogP contribution in [0.15, 0.2) is 30.3 Å². The fourth-order valence-corrected chi connectivity index (χ4v) is 4.73. The molecule has 1 aromatic heterocycles. The third kappa shape index (κ3) is 4.19. The Bertz CT molecular complexity index is 918. The molecule has 1 heterocycles. The van der Waals surface area contributed by atoms with Gasteiger partial charge in [0.2, 0.25) is 5.91 Å². The average molecular weight is 415 g/mol. The molecule has 1 aromatic carbocycles. The van der Waals surface area contributed by atoms with Crippen LogP contribution < -0.4 is 5.32 Å². The Morgan fingerprint density at radius 1 is 1.17 bits per heavy atom. The van der Waals surface area contributed by atoms with E-state index in [4.69, 9.17) is 4.74 Å². The van der Waals surface area contributed by atoms with E-state index in [-0.39, 0.29) is 29.2 Å². The fraction of sp³-hybridized carbons (Fsp3) is 0.409. The standard InChI is InChI=1S/C22H26N2O4S/c1-5-24(6-2)21(26)18-13(3)17(22(27)28-4)20(29-18)23-19(25)16-12-15(16)14-10-8-7-9-11-14/h7-11,15-16H,5-6,12H2,1-4H3,(H,23,25)/t15-,16-/m1/s1. The minimum absolute atomic E-state index is 0.132. The predicted octanol–water partition coefficient (Wildman–Crippen LogP) is 4.07. The fourth-order valence-electron chi connectivity index (χ4n) is 3.57. The highest BCUT2D eigenvalue weighted by atomic mass is 32.1. The molecule has 1 fully saturated rings. The second kappa shape index (κ2) is 8.78. The lowest BCUT2D eigenvalue weighted by atomic mass is 10.1. The Labute approximate surface area is 174 Å². The lowest BCUT2D eigenvalue weighted by Gasteiger charge is -2.17. The summed E-state index contributed by atoms with van der Waals surface area (Å²) in [6.45, 7) is 6.68. The second-order valence-electron chi connectivity index (χ2n) is 7.08. The van der Waals surface area contributed by atoms with Crippen LogP contribution in [-0.4, -0.2) is 42.9 Å². The van der Waals surface area contributed by atoms with E-state index in [2.05, 4.69) is 5.32 Å². The summed E-state index contributed by atoms with van der Waals surface area (Å²) in [7, 11) is 1.29. The van der Waals surface area contributed by atoms with E-state index in [0.717, 1.165) is 23.3 Å². The summed E-state index contributed by atoms with van der Waals surface area (Å²) < 4.78 is 4.90. The van der Waals surface area contributed by atoms with Gasteiger partial charge in [0.1, 0.15) is 5.00 Å². The molecular formula is C22H26N2O4S. The predicted molar refractivity (Wildman–Crippen MR) is 114 cm³/mol. The summed E-state index contributed by atoms with van der Waals surface area (Å²) in [6, 6.07) is 9.92. The zero-order chi connectivity index (χ0) is 21.1. The summed E-state index contributed by atoms with van der Waals surface area (Å²) in [5.41, 5.74) is 1.95. The van der Waals surface area contributed by atoms with E-state index in [0.29, 0.717) is 28.5 Å². The number of carbonyl (C=O) groups excluding carboxylic acids is 3. The lowest BCUT2D eigenvalue weighted by molar-refractivity contribution is -0.117. The number of anilines is 1. The minimum Gasteiger partial charge on any atom is -0.465 e. The number of ether oxygens (including phenoxy) is 1. The highest BCUT2D eigenvalue weighted by Crippen LogP contribution is 2.48. The van der Waals surface area contributed by atoms with Crippen LogP contribution in [0.25, 0.3) is 0 Å². The second-order valence-corrected chi connectivity index (χ2v) is 8.10. The van der Waals surface area contributed by atoms with Gasteiger partial charge in [0.05, 0.1) is 17.6 Å². The van der Waals surface area contributed by atoms with Crippen LogP contribution in [0.5, 0.6) is 0 Å². The number of rotatable bonds is 7. The van der Waals surface area contributed by atoms with E-state index >= 15 is 0 Å². The van der Waals surface area contributed by atoms with Gasteiger partial charge < -0.3 is 15.0 Å². The first-order valence-corrected chi connectivity index (χ1v) is 10.6. The zero-order valence-corrected chi connectivity index (χ0v) is 18.0. The van der Waals surface area contributed by atoms with E-state index in [1.54, 1.807) is 11.8 Å². The Kier molecular flexibility index (Phi) is 6.37. The van der Waals surface area contributed by atoms with Gasteiger partial charge in [-0.25, -0.2) is 4.79 Å². The van der Waals surface area contributed by atoms with Crippen LogP contribution >= 0.6 is 11.3 Å². The summed E-state index contributed by atoms with van der Waals surface area (Å²) in [5, 5.41) is 3.27. The van der Waals surface area contributed by atoms with Gasteiger partial charge in [0.15, 0.2) is 0 Å². The molecule has 0 bridgehead atoms. The van der Waals surface area contributed by atoms with Gasteiger partial charge in [0.25, 0.3) is 5.91 Å². The Morgan fingerprint density at radius 2 is 1.83 bits per heavy atom. The molecule has 154 valence electrons. The molecule has 2 atom stereocenters. The van der Waals surface area contributed by atoms with Crippen LogP contribution in [0.2, 0.25) is 0 Å². The molecule has 1 saturated carbocycles. The van der Waals surface area contributed by atoms with Crippen molar-refractivity contribution in [3.8, 4) is 0 Å². The summed E-state index contributed by atoms with van der Waals surface area (Å²) in [6.07, 6.45) is 0.777. The third-order valence-electron chi connectivity index (χ3n) is 5.37. The van der Waals surface area contributed by atoms with Crippen LogP contribution in [0.3, 0.4) is 0 Å². The largest absolute Gasteiger partial charge is 0.465 e. The molecule has 0 aliphatic heterocycles. The number of esters is 1. The molecular weight excluding hydrogens is 388 g/mol. The Hall–Kier alpha value is -2.67. The van der Waals surface area contributed by atoms with Crippen molar-refractivity contribution < 1.29 is 19.1 Å². The van der Waals surface area contributed by atoms with E-state index in [1.807, 2.05) is 44.2 Å². The number of thiophene rings is 1. The number of amides is 2. The van der Waals surface area contributed by atoms with Crippen molar-refractivity contribution in [1.29, 1.82) is 0 Å². The smallest absolute Gasteiger partial charge is 0.341 e. The number of nitrogens with zero attached hydrogens (tertiary/aromatic N) is 1. The maximum absolute atomic E-state index is 12.8. The number of nitrogens with one attached hydrogen (secondary N) is 1. The highest BCUT2D eigenvalue weighted by Gasteiger charge is 2.44. The van der Waals surface area contributed by atoms with Crippen molar-refractivity contribution in [2.75, 3.05) is 25.5 Å². The maximum atomic E-state index is 12.8. The number of hydrogen-bond acceptors (Lipinski definition) is 5. The summed E-state index contributed by atoms with van der Waals surface area (Å²) in [4.78, 5) is 40.2. The molecule has 0 spiro atoms. The monoisotopic (exact) mass is 414 g/mol. The molecule has 2 aromatic rings. The number of carbonyl (C=O) groups is 3.